The van der Waals surface area contributed by atoms with Gasteiger partial charge in [0.2, 0.25) is 5.91 Å². The van der Waals surface area contributed by atoms with E-state index in [1.807, 2.05) is 37.5 Å². The van der Waals surface area contributed by atoms with Crippen LogP contribution < -0.4 is 4.74 Å². The first kappa shape index (κ1) is 25.6. The number of hydrogen-bond donors (Lipinski definition) is 1. The number of carbonyl (C=O) groups is 1. The molecule has 1 amide bonds. The third-order valence-electron chi connectivity index (χ3n) is 5.77. The summed E-state index contributed by atoms with van der Waals surface area (Å²) in [6.07, 6.45) is 0.201. The van der Waals surface area contributed by atoms with Crippen molar-refractivity contribution in [3.63, 3.8) is 0 Å². The minimum Gasteiger partial charge on any atom is -0.491 e. The first-order chi connectivity index (χ1) is 15.7. The van der Waals surface area contributed by atoms with Crippen LogP contribution in [0.25, 0.3) is 0 Å². The van der Waals surface area contributed by atoms with Crippen LogP contribution in [-0.4, -0.2) is 71.9 Å². The highest BCUT2D eigenvalue weighted by molar-refractivity contribution is 7.10. The number of hydrogen-bond acceptors (Lipinski definition) is 6. The van der Waals surface area contributed by atoms with E-state index >= 15 is 0 Å². The van der Waals surface area contributed by atoms with Crippen LogP contribution in [0.4, 0.5) is 4.39 Å². The van der Waals surface area contributed by atoms with Gasteiger partial charge in [-0.3, -0.25) is 9.69 Å². The number of thiophene rings is 1. The topological polar surface area (TPSA) is 62.2 Å². The molecule has 2 heterocycles. The highest BCUT2D eigenvalue weighted by atomic mass is 32.1. The van der Waals surface area contributed by atoms with Crippen molar-refractivity contribution in [2.75, 3.05) is 32.8 Å². The number of aliphatic hydroxyl groups excluding tert-OH is 1. The van der Waals surface area contributed by atoms with Crippen molar-refractivity contribution < 1.29 is 23.8 Å². The Morgan fingerprint density at radius 1 is 1.24 bits per heavy atom. The summed E-state index contributed by atoms with van der Waals surface area (Å²) in [5.41, 5.74) is 1.11. The van der Waals surface area contributed by atoms with Gasteiger partial charge in [-0.25, -0.2) is 4.39 Å². The van der Waals surface area contributed by atoms with E-state index in [0.717, 1.165) is 12.0 Å². The van der Waals surface area contributed by atoms with Crippen molar-refractivity contribution >= 4 is 17.2 Å². The number of fused-ring (bicyclic) bond motifs is 1. The molecule has 2 atom stereocenters. The Balaban J connectivity index is 1.68. The zero-order chi connectivity index (χ0) is 24.0. The fourth-order valence-corrected chi connectivity index (χ4v) is 4.86. The monoisotopic (exact) mass is 478 g/mol. The Morgan fingerprint density at radius 2 is 1.97 bits per heavy atom. The number of rotatable bonds is 11. The van der Waals surface area contributed by atoms with Gasteiger partial charge in [0.15, 0.2) is 0 Å². The molecule has 0 saturated carbocycles. The summed E-state index contributed by atoms with van der Waals surface area (Å²) in [7, 11) is 0. The fraction of sp³-hybridized carbons (Fsp3) is 0.560. The summed E-state index contributed by atoms with van der Waals surface area (Å²) in [4.78, 5) is 18.6. The molecule has 3 rings (SSSR count). The molecule has 2 aromatic rings. The van der Waals surface area contributed by atoms with Gasteiger partial charge in [0.1, 0.15) is 18.2 Å². The molecule has 0 spiro atoms. The van der Waals surface area contributed by atoms with Crippen molar-refractivity contribution in [3.05, 3.63) is 52.0 Å². The summed E-state index contributed by atoms with van der Waals surface area (Å²) >= 11 is 1.70. The second-order valence-electron chi connectivity index (χ2n) is 8.98. The Bertz CT molecular complexity index is 887. The van der Waals surface area contributed by atoms with Crippen molar-refractivity contribution in [1.82, 2.24) is 9.80 Å². The van der Waals surface area contributed by atoms with Crippen LogP contribution in [0.5, 0.6) is 5.75 Å². The van der Waals surface area contributed by atoms with Gasteiger partial charge < -0.3 is 19.5 Å². The second-order valence-corrected chi connectivity index (χ2v) is 9.98. The summed E-state index contributed by atoms with van der Waals surface area (Å²) < 4.78 is 24.7. The number of benzene rings is 1. The van der Waals surface area contributed by atoms with Gasteiger partial charge in [-0.2, -0.15) is 0 Å². The van der Waals surface area contributed by atoms with Crippen LogP contribution in [0, 0.1) is 5.82 Å². The SMILES string of the molecule is CC(C)OC[C@H](O)CN(CC(=O)N1CCc2sccc2[C@H]1COc1ccc(F)cc1)C(C)C. The Kier molecular flexibility index (Phi) is 9.26. The maximum absolute atomic E-state index is 13.4. The number of amides is 1. The van der Waals surface area contributed by atoms with Gasteiger partial charge in [-0.1, -0.05) is 0 Å². The lowest BCUT2D eigenvalue weighted by molar-refractivity contribution is -0.137. The predicted octanol–water partition coefficient (Wildman–Crippen LogP) is 3.89. The molecule has 0 bridgehead atoms. The first-order valence-electron chi connectivity index (χ1n) is 11.5. The van der Waals surface area contributed by atoms with Gasteiger partial charge >= 0.3 is 0 Å². The number of carbonyl (C=O) groups excluding carboxylic acids is 1. The highest BCUT2D eigenvalue weighted by Gasteiger charge is 2.33. The molecule has 0 fully saturated rings. The zero-order valence-corrected chi connectivity index (χ0v) is 20.7. The van der Waals surface area contributed by atoms with E-state index in [1.54, 1.807) is 23.5 Å². The average Bonchev–Trinajstić information content (AvgIpc) is 3.25. The van der Waals surface area contributed by atoms with E-state index in [-0.39, 0.29) is 43.1 Å². The molecule has 1 aliphatic heterocycles. The second kappa shape index (κ2) is 11.9. The van der Waals surface area contributed by atoms with E-state index in [1.165, 1.54) is 17.0 Å². The van der Waals surface area contributed by atoms with Crippen molar-refractivity contribution in [3.8, 4) is 5.75 Å². The molecule has 0 radical (unpaired) electrons. The summed E-state index contributed by atoms with van der Waals surface area (Å²) in [6, 6.07) is 7.87. The Morgan fingerprint density at radius 3 is 2.64 bits per heavy atom. The number of ether oxygens (including phenoxy) is 2. The lowest BCUT2D eigenvalue weighted by Gasteiger charge is -2.38. The van der Waals surface area contributed by atoms with Gasteiger partial charge in [-0.15, -0.1) is 11.3 Å². The summed E-state index contributed by atoms with van der Waals surface area (Å²) in [5.74, 6) is 0.264. The molecule has 1 aliphatic rings. The molecule has 0 saturated heterocycles. The minimum absolute atomic E-state index is 0.00485. The molecule has 1 aromatic heterocycles. The molecular weight excluding hydrogens is 443 g/mol. The van der Waals surface area contributed by atoms with Gasteiger partial charge in [0, 0.05) is 24.0 Å². The largest absolute Gasteiger partial charge is 0.491 e. The lowest BCUT2D eigenvalue weighted by Crippen LogP contribution is -2.49. The standard InChI is InChI=1S/C25H35FN2O4S/c1-17(2)27(13-20(29)15-31-18(3)4)14-25(30)28-11-9-24-22(10-12-33-24)23(28)16-32-21-7-5-19(26)6-8-21/h5-8,10,12,17-18,20,23,29H,9,11,13-16H2,1-4H3/t20-,23-/m1/s1. The molecule has 0 aliphatic carbocycles. The predicted molar refractivity (Wildman–Crippen MR) is 128 cm³/mol. The molecule has 8 heteroatoms. The normalized spacial score (nSPS) is 17.0. The molecule has 1 aromatic carbocycles. The summed E-state index contributed by atoms with van der Waals surface area (Å²) in [5, 5.41) is 12.4. The van der Waals surface area contributed by atoms with Crippen LogP contribution in [0.2, 0.25) is 0 Å². The quantitative estimate of drug-likeness (QED) is 0.531. The maximum atomic E-state index is 13.4. The Hall–Kier alpha value is -2.00. The van der Waals surface area contributed by atoms with Crippen LogP contribution in [0.1, 0.15) is 44.2 Å². The molecule has 6 nitrogen and oxygen atoms in total. The summed E-state index contributed by atoms with van der Waals surface area (Å²) in [6.45, 7) is 9.64. The van der Waals surface area contributed by atoms with E-state index in [0.29, 0.717) is 25.4 Å². The van der Waals surface area contributed by atoms with Crippen LogP contribution in [0.3, 0.4) is 0 Å². The zero-order valence-electron chi connectivity index (χ0n) is 19.9. The molecule has 182 valence electrons. The van der Waals surface area contributed by atoms with E-state index in [2.05, 4.69) is 11.4 Å². The van der Waals surface area contributed by atoms with Crippen LogP contribution in [-0.2, 0) is 16.0 Å². The Labute approximate surface area is 199 Å². The van der Waals surface area contributed by atoms with E-state index in [4.69, 9.17) is 9.47 Å². The van der Waals surface area contributed by atoms with Crippen LogP contribution in [0.15, 0.2) is 35.7 Å². The third kappa shape index (κ3) is 7.24. The van der Waals surface area contributed by atoms with Gasteiger partial charge in [-0.05, 0) is 75.4 Å². The van der Waals surface area contributed by atoms with E-state index in [9.17, 15) is 14.3 Å². The van der Waals surface area contributed by atoms with Gasteiger partial charge in [0.05, 0.1) is 31.4 Å². The maximum Gasteiger partial charge on any atom is 0.237 e. The van der Waals surface area contributed by atoms with Crippen molar-refractivity contribution in [2.45, 2.75) is 58.4 Å². The number of halogens is 1. The lowest BCUT2D eigenvalue weighted by atomic mass is 10.00. The molecule has 0 unspecified atom stereocenters. The van der Waals surface area contributed by atoms with E-state index < -0.39 is 6.10 Å². The fourth-order valence-electron chi connectivity index (χ4n) is 3.93. The number of aliphatic hydroxyl groups is 1. The van der Waals surface area contributed by atoms with Crippen molar-refractivity contribution in [2.24, 2.45) is 0 Å². The smallest absolute Gasteiger partial charge is 0.237 e. The van der Waals surface area contributed by atoms with Gasteiger partial charge in [0.25, 0.3) is 0 Å². The average molecular weight is 479 g/mol. The molecule has 1 N–H and O–H groups in total. The van der Waals surface area contributed by atoms with Crippen LogP contribution >= 0.6 is 11.3 Å². The minimum atomic E-state index is -0.662. The first-order valence-corrected chi connectivity index (χ1v) is 12.4. The van der Waals surface area contributed by atoms with Crippen molar-refractivity contribution in [1.29, 1.82) is 0 Å². The third-order valence-corrected chi connectivity index (χ3v) is 6.77. The molecular formula is C25H35FN2O4S. The molecule has 33 heavy (non-hydrogen) atoms. The number of nitrogens with zero attached hydrogens (tertiary/aromatic N) is 2. The highest BCUT2D eigenvalue weighted by Crippen LogP contribution is 2.34.